The molecular formula is C13H19BrFNO2. The molecule has 0 heterocycles. The quantitative estimate of drug-likeness (QED) is 0.811. The third-order valence-corrected chi connectivity index (χ3v) is 3.34. The number of rotatable bonds is 7. The van der Waals surface area contributed by atoms with Crippen molar-refractivity contribution in [2.24, 2.45) is 0 Å². The number of ether oxygens (including phenoxy) is 1. The van der Waals surface area contributed by atoms with Gasteiger partial charge in [-0.3, -0.25) is 0 Å². The van der Waals surface area contributed by atoms with Gasteiger partial charge in [-0.15, -0.1) is 0 Å². The van der Waals surface area contributed by atoms with Gasteiger partial charge in [-0.05, 0) is 25.5 Å². The number of nitrogens with one attached hydrogen (secondary N) is 1. The van der Waals surface area contributed by atoms with Crippen LogP contribution in [-0.4, -0.2) is 31.0 Å². The summed E-state index contributed by atoms with van der Waals surface area (Å²) in [5, 5.41) is 12.3. The molecule has 1 aromatic rings. The van der Waals surface area contributed by atoms with Crippen LogP contribution in [0.3, 0.4) is 0 Å². The molecule has 0 fully saturated rings. The van der Waals surface area contributed by atoms with E-state index in [0.29, 0.717) is 25.1 Å². The molecule has 0 radical (unpaired) electrons. The van der Waals surface area contributed by atoms with Crippen LogP contribution >= 0.6 is 15.9 Å². The summed E-state index contributed by atoms with van der Waals surface area (Å²) < 4.78 is 19.5. The molecule has 0 bridgehead atoms. The van der Waals surface area contributed by atoms with Crippen LogP contribution in [0.4, 0.5) is 4.39 Å². The van der Waals surface area contributed by atoms with Crippen LogP contribution in [0, 0.1) is 5.82 Å². The second-order valence-electron chi connectivity index (χ2n) is 4.56. The maximum atomic E-state index is 13.6. The van der Waals surface area contributed by atoms with Crippen molar-refractivity contribution in [1.82, 2.24) is 5.32 Å². The highest BCUT2D eigenvalue weighted by Gasteiger charge is 2.23. The van der Waals surface area contributed by atoms with E-state index in [0.717, 1.165) is 4.47 Å². The van der Waals surface area contributed by atoms with Gasteiger partial charge in [0.1, 0.15) is 5.82 Å². The van der Waals surface area contributed by atoms with Gasteiger partial charge in [0.25, 0.3) is 0 Å². The Bertz CT molecular complexity index is 381. The molecule has 5 heteroatoms. The molecule has 0 saturated carbocycles. The summed E-state index contributed by atoms with van der Waals surface area (Å²) in [6, 6.07) is 4.98. The Hall–Kier alpha value is -0.490. The molecule has 1 atom stereocenters. The van der Waals surface area contributed by atoms with Gasteiger partial charge in [0.05, 0.1) is 6.61 Å². The fourth-order valence-corrected chi connectivity index (χ4v) is 2.08. The highest BCUT2D eigenvalue weighted by atomic mass is 79.9. The van der Waals surface area contributed by atoms with Crippen LogP contribution in [0.25, 0.3) is 0 Å². The number of aliphatic hydroxyl groups is 1. The lowest BCUT2D eigenvalue weighted by Gasteiger charge is -2.29. The number of benzene rings is 1. The zero-order valence-corrected chi connectivity index (χ0v) is 12.3. The van der Waals surface area contributed by atoms with Gasteiger partial charge in [-0.2, -0.15) is 0 Å². The van der Waals surface area contributed by atoms with Crippen molar-refractivity contribution in [3.05, 3.63) is 34.1 Å². The van der Waals surface area contributed by atoms with Gasteiger partial charge >= 0.3 is 0 Å². The summed E-state index contributed by atoms with van der Waals surface area (Å²) in [4.78, 5) is 0. The van der Waals surface area contributed by atoms with Gasteiger partial charge in [0.15, 0.2) is 0 Å². The summed E-state index contributed by atoms with van der Waals surface area (Å²) >= 11 is 3.22. The van der Waals surface area contributed by atoms with E-state index in [4.69, 9.17) is 9.84 Å². The van der Waals surface area contributed by atoms with Crippen LogP contribution in [0.5, 0.6) is 0 Å². The van der Waals surface area contributed by atoms with E-state index in [9.17, 15) is 4.39 Å². The van der Waals surface area contributed by atoms with E-state index >= 15 is 0 Å². The number of methoxy groups -OCH3 is 1. The van der Waals surface area contributed by atoms with Crippen molar-refractivity contribution in [2.75, 3.05) is 20.3 Å². The van der Waals surface area contributed by atoms with Crippen molar-refractivity contribution in [3.63, 3.8) is 0 Å². The summed E-state index contributed by atoms with van der Waals surface area (Å²) in [7, 11) is 1.61. The predicted molar refractivity (Wildman–Crippen MR) is 72.9 cm³/mol. The van der Waals surface area contributed by atoms with E-state index < -0.39 is 0 Å². The van der Waals surface area contributed by atoms with Crippen molar-refractivity contribution in [3.8, 4) is 0 Å². The minimum Gasteiger partial charge on any atom is -0.396 e. The Morgan fingerprint density at radius 3 is 2.78 bits per heavy atom. The molecular weight excluding hydrogens is 301 g/mol. The Balaban J connectivity index is 2.66. The summed E-state index contributed by atoms with van der Waals surface area (Å²) in [5.74, 6) is -0.249. The van der Waals surface area contributed by atoms with E-state index in [1.54, 1.807) is 19.2 Å². The molecule has 18 heavy (non-hydrogen) atoms. The zero-order chi connectivity index (χ0) is 13.6. The molecule has 1 rings (SSSR count). The molecule has 0 amide bonds. The Morgan fingerprint density at radius 1 is 1.50 bits per heavy atom. The lowest BCUT2D eigenvalue weighted by atomic mass is 9.99. The highest BCUT2D eigenvalue weighted by Crippen LogP contribution is 2.17. The van der Waals surface area contributed by atoms with E-state index in [-0.39, 0.29) is 18.0 Å². The zero-order valence-electron chi connectivity index (χ0n) is 10.7. The summed E-state index contributed by atoms with van der Waals surface area (Å²) in [5.41, 5.74) is 0.238. The molecule has 0 aliphatic rings. The van der Waals surface area contributed by atoms with Gasteiger partial charge in [-0.1, -0.05) is 22.0 Å². The van der Waals surface area contributed by atoms with Crippen molar-refractivity contribution in [1.29, 1.82) is 0 Å². The fourth-order valence-electron chi connectivity index (χ4n) is 1.75. The minimum atomic E-state index is -0.358. The Labute approximate surface area is 115 Å². The minimum absolute atomic E-state index is 0.0652. The highest BCUT2D eigenvalue weighted by molar-refractivity contribution is 9.10. The smallest absolute Gasteiger partial charge is 0.128 e. The first kappa shape index (κ1) is 15.6. The number of hydrogen-bond acceptors (Lipinski definition) is 3. The average Bonchev–Trinajstić information content (AvgIpc) is 2.28. The van der Waals surface area contributed by atoms with Gasteiger partial charge < -0.3 is 15.2 Å². The first-order chi connectivity index (χ1) is 8.50. The molecule has 3 nitrogen and oxygen atoms in total. The van der Waals surface area contributed by atoms with E-state index in [1.807, 2.05) is 6.92 Å². The average molecular weight is 320 g/mol. The fraction of sp³-hybridized carbons (Fsp3) is 0.538. The van der Waals surface area contributed by atoms with Crippen LogP contribution in [0.2, 0.25) is 0 Å². The van der Waals surface area contributed by atoms with Crippen LogP contribution in [-0.2, 0) is 11.3 Å². The van der Waals surface area contributed by atoms with Crippen molar-refractivity contribution < 1.29 is 14.2 Å². The monoisotopic (exact) mass is 319 g/mol. The first-order valence-corrected chi connectivity index (χ1v) is 6.59. The molecule has 2 N–H and O–H groups in total. The molecule has 0 aliphatic carbocycles. The van der Waals surface area contributed by atoms with Gasteiger partial charge in [0.2, 0.25) is 0 Å². The molecule has 102 valence electrons. The third kappa shape index (κ3) is 4.65. The third-order valence-electron chi connectivity index (χ3n) is 2.85. The standard InChI is InChI=1S/C13H19BrFNO2/c1-13(5-6-17,9-18-2)16-8-10-3-4-11(14)7-12(10)15/h3-4,7,16-17H,5-6,8-9H2,1-2H3. The van der Waals surface area contributed by atoms with Crippen molar-refractivity contribution >= 4 is 15.9 Å². The van der Waals surface area contributed by atoms with Gasteiger partial charge in [0, 0.05) is 35.8 Å². The second kappa shape index (κ2) is 7.19. The number of aliphatic hydroxyl groups excluding tert-OH is 1. The maximum absolute atomic E-state index is 13.6. The normalized spacial score (nSPS) is 14.5. The summed E-state index contributed by atoms with van der Waals surface area (Å²) in [6.45, 7) is 2.88. The number of hydrogen-bond donors (Lipinski definition) is 2. The topological polar surface area (TPSA) is 41.5 Å². The molecule has 0 saturated heterocycles. The summed E-state index contributed by atoms with van der Waals surface area (Å²) in [6.07, 6.45) is 0.555. The lowest BCUT2D eigenvalue weighted by Crippen LogP contribution is -2.46. The largest absolute Gasteiger partial charge is 0.396 e. The van der Waals surface area contributed by atoms with Crippen LogP contribution in [0.1, 0.15) is 18.9 Å². The SMILES string of the molecule is COCC(C)(CCO)NCc1ccc(Br)cc1F. The maximum Gasteiger partial charge on any atom is 0.128 e. The van der Waals surface area contributed by atoms with E-state index in [1.165, 1.54) is 6.07 Å². The number of halogens is 2. The van der Waals surface area contributed by atoms with Crippen LogP contribution < -0.4 is 5.32 Å². The lowest BCUT2D eigenvalue weighted by molar-refractivity contribution is 0.0967. The first-order valence-electron chi connectivity index (χ1n) is 5.79. The van der Waals surface area contributed by atoms with Crippen LogP contribution in [0.15, 0.2) is 22.7 Å². The predicted octanol–water partition coefficient (Wildman–Crippen LogP) is 2.47. The molecule has 0 spiro atoms. The van der Waals surface area contributed by atoms with E-state index in [2.05, 4.69) is 21.2 Å². The molecule has 0 aliphatic heterocycles. The van der Waals surface area contributed by atoms with Gasteiger partial charge in [-0.25, -0.2) is 4.39 Å². The molecule has 0 aromatic heterocycles. The Kier molecular flexibility index (Phi) is 6.21. The Morgan fingerprint density at radius 2 is 2.22 bits per heavy atom. The second-order valence-corrected chi connectivity index (χ2v) is 5.47. The van der Waals surface area contributed by atoms with Crippen molar-refractivity contribution in [2.45, 2.75) is 25.4 Å². The molecule has 1 unspecified atom stereocenters. The molecule has 1 aromatic carbocycles.